The van der Waals surface area contributed by atoms with Crippen molar-refractivity contribution in [2.75, 3.05) is 18.4 Å². The minimum Gasteiger partial charge on any atom is -0.481 e. The van der Waals surface area contributed by atoms with Crippen LogP contribution >= 0.6 is 11.6 Å². The lowest BCUT2D eigenvalue weighted by Crippen LogP contribution is -2.16. The molecule has 1 aromatic carbocycles. The molecule has 2 aromatic heterocycles. The molecular formula is C14H12ClF2N5O4S. The maximum Gasteiger partial charge on any atom is 0.281 e. The molecule has 3 rings (SSSR count). The monoisotopic (exact) mass is 419 g/mol. The second-order valence-corrected chi connectivity index (χ2v) is 7.14. The number of halogens is 3. The smallest absolute Gasteiger partial charge is 0.281 e. The SMILES string of the molecule is COc1nc(NS(=O)(=O)c2[nH]nc3cc(Cl)ccc23)ncc1OCC(F)F. The topological polar surface area (TPSA) is 119 Å². The number of sulfonamides is 1. The van der Waals surface area contributed by atoms with Crippen LogP contribution in [0.2, 0.25) is 5.02 Å². The number of fused-ring (bicyclic) bond motifs is 1. The van der Waals surface area contributed by atoms with E-state index in [-0.39, 0.29) is 22.6 Å². The number of rotatable bonds is 7. The molecule has 0 atom stereocenters. The zero-order valence-corrected chi connectivity index (χ0v) is 15.2. The van der Waals surface area contributed by atoms with E-state index < -0.39 is 23.1 Å². The van der Waals surface area contributed by atoms with Gasteiger partial charge in [0.25, 0.3) is 22.3 Å². The van der Waals surface area contributed by atoms with Gasteiger partial charge in [-0.05, 0) is 18.2 Å². The minimum absolute atomic E-state index is 0.151. The molecule has 0 amide bonds. The highest BCUT2D eigenvalue weighted by Crippen LogP contribution is 2.27. The lowest BCUT2D eigenvalue weighted by molar-refractivity contribution is 0.0799. The van der Waals surface area contributed by atoms with Gasteiger partial charge in [0.15, 0.2) is 10.8 Å². The third kappa shape index (κ3) is 4.17. The van der Waals surface area contributed by atoms with E-state index in [1.54, 1.807) is 0 Å². The van der Waals surface area contributed by atoms with E-state index in [9.17, 15) is 17.2 Å². The second kappa shape index (κ2) is 7.48. The highest BCUT2D eigenvalue weighted by molar-refractivity contribution is 7.92. The first kappa shape index (κ1) is 19.0. The van der Waals surface area contributed by atoms with Gasteiger partial charge in [-0.1, -0.05) is 11.6 Å². The molecule has 0 bridgehead atoms. The first-order valence-electron chi connectivity index (χ1n) is 7.28. The number of hydrogen-bond donors (Lipinski definition) is 2. The van der Waals surface area contributed by atoms with Gasteiger partial charge in [0.2, 0.25) is 5.95 Å². The number of H-pyrrole nitrogens is 1. The Morgan fingerprint density at radius 1 is 1.37 bits per heavy atom. The van der Waals surface area contributed by atoms with Crippen molar-refractivity contribution in [3.63, 3.8) is 0 Å². The number of aromatic nitrogens is 4. The van der Waals surface area contributed by atoms with Crippen molar-refractivity contribution >= 4 is 38.5 Å². The van der Waals surface area contributed by atoms with Gasteiger partial charge in [-0.25, -0.2) is 18.5 Å². The molecule has 0 saturated heterocycles. The van der Waals surface area contributed by atoms with E-state index in [0.29, 0.717) is 15.9 Å². The predicted octanol–water partition coefficient (Wildman–Crippen LogP) is 2.46. The van der Waals surface area contributed by atoms with Crippen molar-refractivity contribution in [2.24, 2.45) is 0 Å². The van der Waals surface area contributed by atoms with Crippen LogP contribution in [0.5, 0.6) is 11.6 Å². The lowest BCUT2D eigenvalue weighted by Gasteiger charge is -2.11. The Hall–Kier alpha value is -2.73. The van der Waals surface area contributed by atoms with Crippen LogP contribution in [0.25, 0.3) is 10.9 Å². The van der Waals surface area contributed by atoms with Crippen molar-refractivity contribution < 1.29 is 26.7 Å². The summed E-state index contributed by atoms with van der Waals surface area (Å²) in [5.74, 6) is -0.694. The van der Waals surface area contributed by atoms with Gasteiger partial charge < -0.3 is 9.47 Å². The van der Waals surface area contributed by atoms with Crippen LogP contribution < -0.4 is 14.2 Å². The zero-order chi connectivity index (χ0) is 19.6. The van der Waals surface area contributed by atoms with Crippen molar-refractivity contribution in [3.05, 3.63) is 29.4 Å². The Morgan fingerprint density at radius 2 is 2.15 bits per heavy atom. The van der Waals surface area contributed by atoms with E-state index in [0.717, 1.165) is 6.20 Å². The molecule has 2 N–H and O–H groups in total. The Bertz CT molecular complexity index is 1080. The normalized spacial score (nSPS) is 11.7. The molecule has 0 saturated carbocycles. The van der Waals surface area contributed by atoms with Crippen molar-refractivity contribution in [2.45, 2.75) is 11.5 Å². The quantitative estimate of drug-likeness (QED) is 0.603. The average molecular weight is 420 g/mol. The largest absolute Gasteiger partial charge is 0.481 e. The average Bonchev–Trinajstić information content (AvgIpc) is 3.04. The highest BCUT2D eigenvalue weighted by atomic mass is 35.5. The third-order valence-electron chi connectivity index (χ3n) is 3.26. The number of aromatic amines is 1. The molecule has 0 unspecified atom stereocenters. The molecule has 0 spiro atoms. The molecule has 2 heterocycles. The fourth-order valence-corrected chi connectivity index (χ4v) is 3.37. The van der Waals surface area contributed by atoms with E-state index >= 15 is 0 Å². The number of ether oxygens (including phenoxy) is 2. The molecule has 27 heavy (non-hydrogen) atoms. The molecule has 144 valence electrons. The Labute approximate surface area is 156 Å². The Balaban J connectivity index is 1.88. The molecule has 0 aliphatic carbocycles. The number of benzene rings is 1. The number of anilines is 1. The number of alkyl halides is 2. The Kier molecular flexibility index (Phi) is 5.28. The van der Waals surface area contributed by atoms with Crippen molar-refractivity contribution in [3.8, 4) is 11.6 Å². The highest BCUT2D eigenvalue weighted by Gasteiger charge is 2.23. The molecule has 0 aliphatic rings. The van der Waals surface area contributed by atoms with Crippen LogP contribution in [0.15, 0.2) is 29.4 Å². The fourth-order valence-electron chi connectivity index (χ4n) is 2.14. The summed E-state index contributed by atoms with van der Waals surface area (Å²) >= 11 is 5.85. The summed E-state index contributed by atoms with van der Waals surface area (Å²) < 4.78 is 61.6. The first-order chi connectivity index (χ1) is 12.8. The van der Waals surface area contributed by atoms with Crippen LogP contribution in [-0.4, -0.2) is 48.7 Å². The number of nitrogens with one attached hydrogen (secondary N) is 2. The van der Waals surface area contributed by atoms with Gasteiger partial charge in [-0.3, -0.25) is 5.10 Å². The molecule has 9 nitrogen and oxygen atoms in total. The summed E-state index contributed by atoms with van der Waals surface area (Å²) in [6.07, 6.45) is -1.67. The minimum atomic E-state index is -4.13. The molecule has 13 heteroatoms. The first-order valence-corrected chi connectivity index (χ1v) is 9.14. The number of methoxy groups -OCH3 is 1. The molecule has 3 aromatic rings. The maximum atomic E-state index is 12.6. The summed E-state index contributed by atoms with van der Waals surface area (Å²) in [6.45, 7) is -0.881. The molecule has 0 radical (unpaired) electrons. The van der Waals surface area contributed by atoms with Crippen LogP contribution in [0, 0.1) is 0 Å². The van der Waals surface area contributed by atoms with Gasteiger partial charge in [0.1, 0.15) is 6.61 Å². The van der Waals surface area contributed by atoms with Gasteiger partial charge in [-0.15, -0.1) is 0 Å². The van der Waals surface area contributed by atoms with E-state index in [1.165, 1.54) is 25.3 Å². The summed E-state index contributed by atoms with van der Waals surface area (Å²) in [6, 6.07) is 4.52. The van der Waals surface area contributed by atoms with E-state index in [4.69, 9.17) is 21.1 Å². The number of nitrogens with zero attached hydrogens (tertiary/aromatic N) is 3. The summed E-state index contributed by atoms with van der Waals surface area (Å²) in [5, 5.41) is 6.81. The van der Waals surface area contributed by atoms with E-state index in [1.807, 2.05) is 0 Å². The summed E-state index contributed by atoms with van der Waals surface area (Å²) in [5.41, 5.74) is 0.358. The summed E-state index contributed by atoms with van der Waals surface area (Å²) in [7, 11) is -2.90. The van der Waals surface area contributed by atoms with Gasteiger partial charge in [0.05, 0.1) is 18.8 Å². The standard InChI is InChI=1S/C14H12ClF2N5O4S/c1-25-12-10(26-6-11(16)17)5-18-14(19-12)22-27(23,24)13-8-3-2-7(15)4-9(8)20-21-13/h2-5,11H,6H2,1H3,(H,20,21)(H,18,19,22). The Morgan fingerprint density at radius 3 is 2.85 bits per heavy atom. The van der Waals surface area contributed by atoms with Gasteiger partial charge >= 0.3 is 0 Å². The molecule has 0 fully saturated rings. The third-order valence-corrected chi connectivity index (χ3v) is 4.79. The molecule has 0 aliphatic heterocycles. The predicted molar refractivity (Wildman–Crippen MR) is 92.0 cm³/mol. The van der Waals surface area contributed by atoms with Crippen LogP contribution in [-0.2, 0) is 10.0 Å². The van der Waals surface area contributed by atoms with Crippen LogP contribution in [0.4, 0.5) is 14.7 Å². The molecular weight excluding hydrogens is 408 g/mol. The lowest BCUT2D eigenvalue weighted by atomic mass is 10.3. The zero-order valence-electron chi connectivity index (χ0n) is 13.6. The van der Waals surface area contributed by atoms with Gasteiger partial charge in [0, 0.05) is 10.4 Å². The second-order valence-electron chi connectivity index (χ2n) is 5.09. The van der Waals surface area contributed by atoms with E-state index in [2.05, 4.69) is 24.9 Å². The van der Waals surface area contributed by atoms with Crippen molar-refractivity contribution in [1.29, 1.82) is 0 Å². The fraction of sp³-hybridized carbons (Fsp3) is 0.214. The van der Waals surface area contributed by atoms with Crippen LogP contribution in [0.3, 0.4) is 0 Å². The maximum absolute atomic E-state index is 12.6. The van der Waals surface area contributed by atoms with Crippen LogP contribution in [0.1, 0.15) is 0 Å². The number of hydrogen-bond acceptors (Lipinski definition) is 7. The van der Waals surface area contributed by atoms with Crippen molar-refractivity contribution in [1.82, 2.24) is 20.2 Å². The van der Waals surface area contributed by atoms with Gasteiger partial charge in [-0.2, -0.15) is 18.5 Å². The summed E-state index contributed by atoms with van der Waals surface area (Å²) in [4.78, 5) is 7.56.